The van der Waals surface area contributed by atoms with Crippen LogP contribution in [-0.2, 0) is 22.7 Å². The van der Waals surface area contributed by atoms with Gasteiger partial charge in [0, 0.05) is 32.3 Å². The number of aromatic nitrogens is 2. The summed E-state index contributed by atoms with van der Waals surface area (Å²) < 4.78 is 14.6. The number of rotatable bonds is 5. The molecule has 0 aliphatic carbocycles. The zero-order valence-corrected chi connectivity index (χ0v) is 15.6. The molecule has 1 aliphatic rings. The second kappa shape index (κ2) is 7.33. The molecule has 1 amide bonds. The molecule has 136 valence electrons. The Morgan fingerprint density at radius 3 is 2.69 bits per heavy atom. The number of nitrogens with zero attached hydrogens (tertiary/aromatic N) is 3. The fraction of sp³-hybridized carbons (Fsp3) is 0.333. The molecular formula is C18H20FN4O2S+. The molecular weight excluding hydrogens is 355 g/mol. The topological polar surface area (TPSA) is 67.2 Å². The van der Waals surface area contributed by atoms with E-state index in [1.165, 1.54) is 34.1 Å². The first-order chi connectivity index (χ1) is 12.4. The number of anilines is 1. The van der Waals surface area contributed by atoms with Gasteiger partial charge in [-0.2, -0.15) is 4.98 Å². The molecule has 8 heteroatoms. The first-order valence-corrected chi connectivity index (χ1v) is 9.12. The van der Waals surface area contributed by atoms with Gasteiger partial charge in [-0.05, 0) is 31.2 Å². The second-order valence-corrected chi connectivity index (χ2v) is 7.17. The maximum absolute atomic E-state index is 13.1. The van der Waals surface area contributed by atoms with Crippen LogP contribution < -0.4 is 15.8 Å². The number of likely N-dealkylation sites (N-methyl/N-ethyl adjacent to an activating group) is 1. The van der Waals surface area contributed by atoms with E-state index < -0.39 is 6.04 Å². The summed E-state index contributed by atoms with van der Waals surface area (Å²) in [5, 5.41) is 3.11. The van der Waals surface area contributed by atoms with Crippen molar-refractivity contribution in [3.05, 3.63) is 52.2 Å². The molecule has 26 heavy (non-hydrogen) atoms. The molecule has 2 aromatic rings. The molecule has 0 bridgehead atoms. The SMILES string of the molecule is CCN(Cc1cc(=O)n2c(n1)[S+]=C(C)C2C(=O)NC)c1ccc(F)cc1. The van der Waals surface area contributed by atoms with Crippen LogP contribution in [-0.4, -0.2) is 33.9 Å². The first kappa shape index (κ1) is 18.2. The molecule has 0 saturated heterocycles. The minimum Gasteiger partial charge on any atom is -0.366 e. The van der Waals surface area contributed by atoms with E-state index >= 15 is 0 Å². The third-order valence-electron chi connectivity index (χ3n) is 4.29. The Labute approximate surface area is 154 Å². The Bertz CT molecular complexity index is 924. The predicted molar refractivity (Wildman–Crippen MR) is 101 cm³/mol. The minimum absolute atomic E-state index is 0.230. The highest BCUT2D eigenvalue weighted by Crippen LogP contribution is 2.20. The van der Waals surface area contributed by atoms with Crippen molar-refractivity contribution < 1.29 is 9.18 Å². The molecule has 3 rings (SSSR count). The molecule has 1 atom stereocenters. The van der Waals surface area contributed by atoms with E-state index in [0.717, 1.165) is 10.6 Å². The van der Waals surface area contributed by atoms with Crippen molar-refractivity contribution >= 4 is 27.8 Å². The third-order valence-corrected chi connectivity index (χ3v) is 5.31. The van der Waals surface area contributed by atoms with Crippen molar-refractivity contribution in [3.8, 4) is 0 Å². The van der Waals surface area contributed by atoms with E-state index in [-0.39, 0.29) is 17.3 Å². The quantitative estimate of drug-likeness (QED) is 0.487. The van der Waals surface area contributed by atoms with E-state index in [4.69, 9.17) is 0 Å². The summed E-state index contributed by atoms with van der Waals surface area (Å²) in [5.41, 5.74) is 1.22. The van der Waals surface area contributed by atoms with E-state index in [9.17, 15) is 14.0 Å². The van der Waals surface area contributed by atoms with Gasteiger partial charge in [0.1, 0.15) is 5.82 Å². The minimum atomic E-state index is -0.631. The van der Waals surface area contributed by atoms with Crippen molar-refractivity contribution in [1.29, 1.82) is 0 Å². The van der Waals surface area contributed by atoms with E-state index in [2.05, 4.69) is 10.3 Å². The lowest BCUT2D eigenvalue weighted by molar-refractivity contribution is -0.122. The lowest BCUT2D eigenvalue weighted by Gasteiger charge is -2.22. The van der Waals surface area contributed by atoms with Gasteiger partial charge in [-0.15, -0.1) is 0 Å². The van der Waals surface area contributed by atoms with Crippen molar-refractivity contribution in [1.82, 2.24) is 14.9 Å². The molecule has 1 aromatic heterocycles. The number of halogens is 1. The average molecular weight is 375 g/mol. The highest BCUT2D eigenvalue weighted by molar-refractivity contribution is 7.79. The summed E-state index contributed by atoms with van der Waals surface area (Å²) in [5.74, 6) is -0.520. The summed E-state index contributed by atoms with van der Waals surface area (Å²) in [7, 11) is 1.55. The number of hydrogen-bond donors (Lipinski definition) is 1. The van der Waals surface area contributed by atoms with Gasteiger partial charge < -0.3 is 10.2 Å². The van der Waals surface area contributed by atoms with Crippen molar-refractivity contribution in [2.45, 2.75) is 31.6 Å². The first-order valence-electron chi connectivity index (χ1n) is 8.30. The molecule has 1 aliphatic heterocycles. The largest absolute Gasteiger partial charge is 0.407 e. The maximum atomic E-state index is 13.1. The normalized spacial score (nSPS) is 15.4. The fourth-order valence-electron chi connectivity index (χ4n) is 2.96. The van der Waals surface area contributed by atoms with Gasteiger partial charge >= 0.3 is 5.16 Å². The fourth-order valence-corrected chi connectivity index (χ4v) is 4.03. The second-order valence-electron chi connectivity index (χ2n) is 5.96. The highest BCUT2D eigenvalue weighted by Gasteiger charge is 2.41. The van der Waals surface area contributed by atoms with Gasteiger partial charge in [-0.3, -0.25) is 9.59 Å². The molecule has 2 heterocycles. The van der Waals surface area contributed by atoms with Gasteiger partial charge in [-0.1, -0.05) is 0 Å². The van der Waals surface area contributed by atoms with Crippen LogP contribution in [0.4, 0.5) is 10.1 Å². The monoisotopic (exact) mass is 375 g/mol. The summed E-state index contributed by atoms with van der Waals surface area (Å²) in [6.07, 6.45) is 0. The van der Waals surface area contributed by atoms with Crippen molar-refractivity contribution in [2.75, 3.05) is 18.5 Å². The Morgan fingerprint density at radius 1 is 1.38 bits per heavy atom. The van der Waals surface area contributed by atoms with Crippen molar-refractivity contribution in [2.24, 2.45) is 0 Å². The number of fused-ring (bicyclic) bond motifs is 1. The van der Waals surface area contributed by atoms with Crippen LogP contribution in [0.15, 0.2) is 40.3 Å². The molecule has 1 N–H and O–H groups in total. The predicted octanol–water partition coefficient (Wildman–Crippen LogP) is 1.34. The smallest absolute Gasteiger partial charge is 0.366 e. The number of nitrogens with one attached hydrogen (secondary N) is 1. The number of carbonyl (C=O) groups is 1. The number of benzene rings is 1. The summed E-state index contributed by atoms with van der Waals surface area (Å²) in [4.78, 5) is 32.1. The van der Waals surface area contributed by atoms with Gasteiger partial charge in [0.15, 0.2) is 6.04 Å². The van der Waals surface area contributed by atoms with Crippen LogP contribution >= 0.6 is 0 Å². The van der Waals surface area contributed by atoms with E-state index in [0.29, 0.717) is 23.9 Å². The molecule has 0 saturated carbocycles. The molecule has 0 radical (unpaired) electrons. The average Bonchev–Trinajstić information content (AvgIpc) is 2.96. The lowest BCUT2D eigenvalue weighted by atomic mass is 10.2. The zero-order chi connectivity index (χ0) is 18.8. The van der Waals surface area contributed by atoms with Crippen LogP contribution in [0.3, 0.4) is 0 Å². The number of amides is 1. The van der Waals surface area contributed by atoms with Gasteiger partial charge in [-0.25, -0.2) is 8.96 Å². The van der Waals surface area contributed by atoms with Crippen LogP contribution in [0.1, 0.15) is 25.6 Å². The molecule has 0 fully saturated rings. The summed E-state index contributed by atoms with van der Waals surface area (Å²) >= 11 is 1.34. The Hall–Kier alpha value is -2.61. The van der Waals surface area contributed by atoms with E-state index in [1.807, 2.05) is 18.7 Å². The van der Waals surface area contributed by atoms with Gasteiger partial charge in [0.2, 0.25) is 4.86 Å². The number of carbonyl (C=O) groups excluding carboxylic acids is 1. The molecule has 1 unspecified atom stereocenters. The summed E-state index contributed by atoms with van der Waals surface area (Å²) in [6.45, 7) is 4.92. The molecule has 0 spiro atoms. The van der Waals surface area contributed by atoms with E-state index in [1.54, 1.807) is 19.2 Å². The Balaban J connectivity index is 1.92. The summed E-state index contributed by atoms with van der Waals surface area (Å²) in [6, 6.07) is 7.05. The van der Waals surface area contributed by atoms with Crippen LogP contribution in [0.25, 0.3) is 0 Å². The maximum Gasteiger partial charge on any atom is 0.407 e. The standard InChI is InChI=1S/C18H19FN4O2S/c1-4-22(14-7-5-12(19)6-8-14)10-13-9-15(24)23-16(17(25)20-3)11(2)26-18(23)21-13/h5-9,16H,4,10H2,1-3H3/p+1. The zero-order valence-electron chi connectivity index (χ0n) is 14.8. The van der Waals surface area contributed by atoms with Crippen LogP contribution in [0, 0.1) is 5.82 Å². The van der Waals surface area contributed by atoms with Gasteiger partial charge in [0.25, 0.3) is 22.8 Å². The van der Waals surface area contributed by atoms with Gasteiger partial charge in [0.05, 0.1) is 12.2 Å². The molecule has 1 aromatic carbocycles. The third kappa shape index (κ3) is 3.37. The molecule has 6 nitrogen and oxygen atoms in total. The Kier molecular flexibility index (Phi) is 5.13. The highest BCUT2D eigenvalue weighted by atomic mass is 32.1. The lowest BCUT2D eigenvalue weighted by Crippen LogP contribution is -2.38. The van der Waals surface area contributed by atoms with Crippen molar-refractivity contribution in [3.63, 3.8) is 0 Å². The number of hydrogen-bond acceptors (Lipinski definition) is 4. The Morgan fingerprint density at radius 2 is 2.08 bits per heavy atom. The van der Waals surface area contributed by atoms with Crippen LogP contribution in [0.2, 0.25) is 0 Å². The van der Waals surface area contributed by atoms with Crippen LogP contribution in [0.5, 0.6) is 0 Å².